The van der Waals surface area contributed by atoms with Crippen LogP contribution in [-0.2, 0) is 11.3 Å². The molecule has 156 valence electrons. The number of hydrogen-bond acceptors (Lipinski definition) is 5. The van der Waals surface area contributed by atoms with Gasteiger partial charge in [0.2, 0.25) is 6.43 Å². The summed E-state index contributed by atoms with van der Waals surface area (Å²) in [4.78, 5) is 21.2. The summed E-state index contributed by atoms with van der Waals surface area (Å²) in [6.45, 7) is 4.41. The van der Waals surface area contributed by atoms with Crippen LogP contribution >= 0.6 is 0 Å². The van der Waals surface area contributed by atoms with Crippen molar-refractivity contribution in [1.82, 2.24) is 14.8 Å². The van der Waals surface area contributed by atoms with Crippen molar-refractivity contribution in [3.05, 3.63) is 36.0 Å². The highest BCUT2D eigenvalue weighted by molar-refractivity contribution is 6.08. The molecular weight excluding hydrogens is 388 g/mol. The van der Waals surface area contributed by atoms with Crippen molar-refractivity contribution in [2.24, 2.45) is 10.4 Å². The molecule has 1 aliphatic heterocycles. The van der Waals surface area contributed by atoms with Crippen molar-refractivity contribution < 1.29 is 13.6 Å². The largest absolute Gasteiger partial charge is 0.383 e. The van der Waals surface area contributed by atoms with Crippen LogP contribution in [0.4, 0.5) is 14.6 Å². The fourth-order valence-electron chi connectivity index (χ4n) is 3.71. The van der Waals surface area contributed by atoms with Gasteiger partial charge in [0.25, 0.3) is 0 Å². The number of fused-ring (bicyclic) bond motifs is 3. The van der Waals surface area contributed by atoms with Crippen LogP contribution in [0.5, 0.6) is 0 Å². The van der Waals surface area contributed by atoms with Crippen molar-refractivity contribution >= 4 is 45.2 Å². The van der Waals surface area contributed by atoms with Crippen LogP contribution in [0, 0.1) is 5.41 Å². The zero-order valence-corrected chi connectivity index (χ0v) is 16.9. The fourth-order valence-corrected chi connectivity index (χ4v) is 3.71. The minimum Gasteiger partial charge on any atom is -0.383 e. The lowest BCUT2D eigenvalue weighted by Gasteiger charge is -2.22. The number of carbonyl (C=O) groups is 1. The summed E-state index contributed by atoms with van der Waals surface area (Å²) in [6, 6.07) is 5.95. The minimum absolute atomic E-state index is 0.152. The minimum atomic E-state index is -2.48. The Hall–Kier alpha value is -3.16. The molecule has 0 radical (unpaired) electrons. The quantitative estimate of drug-likeness (QED) is 0.629. The first-order chi connectivity index (χ1) is 14.2. The number of alkyl halides is 2. The Morgan fingerprint density at radius 2 is 2.10 bits per heavy atom. The zero-order valence-electron chi connectivity index (χ0n) is 16.9. The Kier molecular flexibility index (Phi) is 5.09. The molecule has 3 heterocycles. The molecule has 0 unspecified atom stereocenters. The van der Waals surface area contributed by atoms with Crippen molar-refractivity contribution in [2.75, 3.05) is 12.3 Å². The fraction of sp³-hybridized carbons (Fsp3) is 0.364. The van der Waals surface area contributed by atoms with Crippen molar-refractivity contribution in [3.8, 4) is 0 Å². The molecular formula is C22H23F2N5O. The third kappa shape index (κ3) is 3.81. The third-order valence-electron chi connectivity index (χ3n) is 5.45. The highest BCUT2D eigenvalue weighted by Gasteiger charge is 2.29. The molecule has 0 amide bonds. The standard InChI is InChI=1S/C22H23F2N5O/c1-22(2,18(30)5-6-19(23)24)12-29-11-16-20(28-29)15-4-3-13(14-7-8-26-10-14)9-17(15)27-21(16)25/h3-4,7-9,11,19H,5-6,10,12H2,1-2H3,(H2,25,27). The number of allylic oxidation sites excluding steroid dienone is 1. The molecule has 0 atom stereocenters. The number of nitrogen functional groups attached to an aromatic ring is 1. The van der Waals surface area contributed by atoms with E-state index in [1.54, 1.807) is 30.9 Å². The lowest BCUT2D eigenvalue weighted by molar-refractivity contribution is -0.128. The molecule has 30 heavy (non-hydrogen) atoms. The topological polar surface area (TPSA) is 86.2 Å². The average molecular weight is 411 g/mol. The van der Waals surface area contributed by atoms with E-state index in [4.69, 9.17) is 5.73 Å². The summed E-state index contributed by atoms with van der Waals surface area (Å²) < 4.78 is 26.6. The predicted molar refractivity (Wildman–Crippen MR) is 115 cm³/mol. The van der Waals surface area contributed by atoms with Gasteiger partial charge >= 0.3 is 0 Å². The van der Waals surface area contributed by atoms with Crippen molar-refractivity contribution in [1.29, 1.82) is 0 Å². The number of anilines is 1. The number of pyridine rings is 1. The summed E-state index contributed by atoms with van der Waals surface area (Å²) in [5, 5.41) is 6.22. The molecule has 2 N–H and O–H groups in total. The molecule has 1 aromatic carbocycles. The van der Waals surface area contributed by atoms with Gasteiger partial charge in [-0.2, -0.15) is 5.10 Å². The second kappa shape index (κ2) is 7.59. The van der Waals surface area contributed by atoms with Gasteiger partial charge in [-0.15, -0.1) is 0 Å². The Bertz CT molecular complexity index is 1190. The van der Waals surface area contributed by atoms with Gasteiger partial charge in [0.1, 0.15) is 17.1 Å². The summed E-state index contributed by atoms with van der Waals surface area (Å²) in [5.41, 5.74) is 8.97. The number of Topliss-reactive ketones (excluding diaryl/α,β-unsaturated/α-hetero) is 1. The third-order valence-corrected chi connectivity index (χ3v) is 5.45. The molecule has 3 aromatic rings. The smallest absolute Gasteiger partial charge is 0.239 e. The monoisotopic (exact) mass is 411 g/mol. The van der Waals surface area contributed by atoms with E-state index in [1.165, 1.54) is 0 Å². The van der Waals surface area contributed by atoms with Gasteiger partial charge in [-0.3, -0.25) is 14.5 Å². The molecule has 0 saturated carbocycles. The van der Waals surface area contributed by atoms with Gasteiger partial charge in [-0.25, -0.2) is 13.8 Å². The molecule has 0 saturated heterocycles. The van der Waals surface area contributed by atoms with E-state index in [0.717, 1.165) is 22.0 Å². The number of rotatable bonds is 7. The summed E-state index contributed by atoms with van der Waals surface area (Å²) >= 11 is 0. The maximum Gasteiger partial charge on any atom is 0.239 e. The van der Waals surface area contributed by atoms with Crippen LogP contribution in [-0.4, -0.2) is 39.7 Å². The second-order valence-electron chi connectivity index (χ2n) is 8.24. The maximum atomic E-state index is 12.5. The number of nitrogens with two attached hydrogens (primary N) is 1. The summed E-state index contributed by atoms with van der Waals surface area (Å²) in [5.74, 6) is 0.148. The van der Waals surface area contributed by atoms with Crippen LogP contribution in [0.3, 0.4) is 0 Å². The SMILES string of the molecule is CC(C)(Cn1cc2c(N)nc3cc(C4=CC=NC4)ccc3c2n1)C(=O)CCC(F)F. The molecule has 2 aromatic heterocycles. The first-order valence-corrected chi connectivity index (χ1v) is 9.82. The van der Waals surface area contributed by atoms with Crippen LogP contribution in [0.15, 0.2) is 35.5 Å². The Balaban J connectivity index is 1.67. The number of carbonyl (C=O) groups excluding carboxylic acids is 1. The van der Waals surface area contributed by atoms with E-state index in [9.17, 15) is 13.6 Å². The number of aliphatic imine (C=N–C) groups is 1. The van der Waals surface area contributed by atoms with Crippen LogP contribution in [0.25, 0.3) is 27.4 Å². The van der Waals surface area contributed by atoms with Crippen molar-refractivity contribution in [3.63, 3.8) is 0 Å². The molecule has 4 rings (SSSR count). The van der Waals surface area contributed by atoms with Crippen molar-refractivity contribution in [2.45, 2.75) is 39.7 Å². The van der Waals surface area contributed by atoms with E-state index in [1.807, 2.05) is 24.3 Å². The Morgan fingerprint density at radius 1 is 1.30 bits per heavy atom. The second-order valence-corrected chi connectivity index (χ2v) is 8.24. The predicted octanol–water partition coefficient (Wildman–Crippen LogP) is 4.28. The number of hydrogen-bond donors (Lipinski definition) is 1. The number of nitrogens with zero attached hydrogens (tertiary/aromatic N) is 4. The van der Waals surface area contributed by atoms with Crippen LogP contribution in [0.2, 0.25) is 0 Å². The lowest BCUT2D eigenvalue weighted by atomic mass is 9.85. The van der Waals surface area contributed by atoms with Gasteiger partial charge in [0.05, 0.1) is 24.0 Å². The zero-order chi connectivity index (χ0) is 21.5. The van der Waals surface area contributed by atoms with E-state index >= 15 is 0 Å². The molecule has 0 bridgehead atoms. The highest BCUT2D eigenvalue weighted by atomic mass is 19.3. The number of aromatic nitrogens is 3. The normalized spacial score (nSPS) is 14.2. The van der Waals surface area contributed by atoms with Crippen LogP contribution in [0.1, 0.15) is 32.3 Å². The van der Waals surface area contributed by atoms with Gasteiger partial charge in [0.15, 0.2) is 0 Å². The molecule has 6 nitrogen and oxygen atoms in total. The number of ketones is 1. The number of benzene rings is 1. The van der Waals surface area contributed by atoms with E-state index < -0.39 is 18.3 Å². The molecule has 8 heteroatoms. The average Bonchev–Trinajstić information content (AvgIpc) is 3.35. The highest BCUT2D eigenvalue weighted by Crippen LogP contribution is 2.31. The number of halogens is 2. The molecule has 0 aliphatic carbocycles. The summed E-state index contributed by atoms with van der Waals surface area (Å²) in [6.07, 6.45) is 2.47. The molecule has 0 fully saturated rings. The Labute approximate surface area is 172 Å². The van der Waals surface area contributed by atoms with Gasteiger partial charge in [-0.1, -0.05) is 19.9 Å². The first-order valence-electron chi connectivity index (χ1n) is 9.82. The van der Waals surface area contributed by atoms with E-state index in [2.05, 4.69) is 15.1 Å². The lowest BCUT2D eigenvalue weighted by Crippen LogP contribution is -2.30. The van der Waals surface area contributed by atoms with Gasteiger partial charge in [0, 0.05) is 36.1 Å². The van der Waals surface area contributed by atoms with Crippen LogP contribution < -0.4 is 5.73 Å². The Morgan fingerprint density at radius 3 is 2.80 bits per heavy atom. The molecule has 0 spiro atoms. The van der Waals surface area contributed by atoms with E-state index in [-0.39, 0.29) is 18.7 Å². The summed E-state index contributed by atoms with van der Waals surface area (Å²) in [7, 11) is 0. The molecule has 1 aliphatic rings. The van der Waals surface area contributed by atoms with E-state index in [0.29, 0.717) is 23.3 Å². The van der Waals surface area contributed by atoms with Gasteiger partial charge < -0.3 is 5.73 Å². The first kappa shape index (κ1) is 20.1. The maximum absolute atomic E-state index is 12.5. The van der Waals surface area contributed by atoms with Gasteiger partial charge in [-0.05, 0) is 29.3 Å².